The lowest BCUT2D eigenvalue weighted by Crippen LogP contribution is -2.71. The fourth-order valence-corrected chi connectivity index (χ4v) is 6.09. The van der Waals surface area contributed by atoms with Gasteiger partial charge < -0.3 is 19.7 Å². The predicted octanol–water partition coefficient (Wildman–Crippen LogP) is 1.35. The van der Waals surface area contributed by atoms with Gasteiger partial charge in [-0.2, -0.15) is 8.42 Å². The van der Waals surface area contributed by atoms with E-state index in [0.717, 1.165) is 16.7 Å². The van der Waals surface area contributed by atoms with E-state index >= 15 is 0 Å². The number of hydrogen-bond acceptors (Lipinski definition) is 8. The zero-order valence-electron chi connectivity index (χ0n) is 17.8. The van der Waals surface area contributed by atoms with Crippen LogP contribution in [0.1, 0.15) is 31.2 Å². The summed E-state index contributed by atoms with van der Waals surface area (Å²) in [4.78, 5) is 49.8. The van der Waals surface area contributed by atoms with Crippen molar-refractivity contribution in [2.75, 3.05) is 11.5 Å². The maximum Gasteiger partial charge on any atom is 0.356 e. The molecule has 34 heavy (non-hydrogen) atoms. The van der Waals surface area contributed by atoms with Crippen molar-refractivity contribution < 1.29 is 42.0 Å². The number of thioether (sulfide) groups is 1. The van der Waals surface area contributed by atoms with Gasteiger partial charge in [0, 0.05) is 5.02 Å². The Bertz CT molecular complexity index is 1150. The number of β-lactam (4-membered cyclic amide) rings is 1. The minimum Gasteiger partial charge on any atom is -0.480 e. The maximum absolute atomic E-state index is 12.7. The molecule has 11 nitrogen and oxygen atoms in total. The van der Waals surface area contributed by atoms with E-state index in [4.69, 9.17) is 15.8 Å². The molecule has 0 aliphatic carbocycles. The number of unbranched alkanes of at least 4 members (excludes halogenated alkanes) is 1. The quantitative estimate of drug-likeness (QED) is 0.227. The van der Waals surface area contributed by atoms with E-state index in [1.54, 1.807) is 6.92 Å². The van der Waals surface area contributed by atoms with Crippen molar-refractivity contribution >= 4 is 57.2 Å². The molecule has 2 amide bonds. The summed E-state index contributed by atoms with van der Waals surface area (Å²) in [5, 5.41) is 21.0. The number of carbonyl (C=O) groups is 4. The Morgan fingerprint density at radius 2 is 1.91 bits per heavy atom. The van der Waals surface area contributed by atoms with Gasteiger partial charge in [0.05, 0.1) is 11.5 Å². The van der Waals surface area contributed by atoms with Crippen LogP contribution in [-0.4, -0.2) is 70.2 Å². The van der Waals surface area contributed by atoms with E-state index in [0.29, 0.717) is 17.9 Å². The van der Waals surface area contributed by atoms with Gasteiger partial charge in [0.15, 0.2) is 17.4 Å². The summed E-state index contributed by atoms with van der Waals surface area (Å²) in [5.74, 6) is -7.27. The number of hydrogen-bond donors (Lipinski definition) is 3. The van der Waals surface area contributed by atoms with Gasteiger partial charge in [-0.15, -0.1) is 11.8 Å². The molecule has 0 aromatic heterocycles. The van der Waals surface area contributed by atoms with Crippen molar-refractivity contribution in [3.63, 3.8) is 0 Å². The maximum atomic E-state index is 12.7. The van der Waals surface area contributed by atoms with Crippen LogP contribution in [-0.2, 0) is 33.5 Å². The Balaban J connectivity index is 1.79. The van der Waals surface area contributed by atoms with Crippen molar-refractivity contribution in [1.82, 2.24) is 10.2 Å². The molecule has 0 radical (unpaired) electrons. The van der Waals surface area contributed by atoms with E-state index in [1.165, 1.54) is 24.3 Å². The molecular weight excluding hydrogens is 512 g/mol. The Kier molecular flexibility index (Phi) is 7.78. The van der Waals surface area contributed by atoms with Crippen LogP contribution in [0.3, 0.4) is 0 Å². The fraction of sp³-hybridized carbons (Fsp3) is 0.400. The van der Waals surface area contributed by atoms with Crippen LogP contribution < -0.4 is 5.32 Å². The molecule has 1 saturated heterocycles. The first-order valence-corrected chi connectivity index (χ1v) is 13.1. The summed E-state index contributed by atoms with van der Waals surface area (Å²) in [6.45, 7) is 1.79. The zero-order chi connectivity index (χ0) is 25.2. The summed E-state index contributed by atoms with van der Waals surface area (Å²) >= 11 is 6.80. The van der Waals surface area contributed by atoms with Gasteiger partial charge in [-0.3, -0.25) is 19.3 Å². The Morgan fingerprint density at radius 3 is 2.47 bits per heavy atom. The highest BCUT2D eigenvalue weighted by Gasteiger charge is 2.55. The number of carboxylic acid groups (broad SMARTS) is 2. The summed E-state index contributed by atoms with van der Waals surface area (Å²) in [6.07, 6.45) is 0.909. The SMILES string of the molecule is CCCCS(=O)(=O)OC1=C(C(=O)O)N2C(=O)C(NC(=O)C(C(=O)O)c3ccc(Cl)cc3)[C@@H]2SC1. The van der Waals surface area contributed by atoms with E-state index < -0.39 is 56.9 Å². The van der Waals surface area contributed by atoms with E-state index in [1.807, 2.05) is 0 Å². The van der Waals surface area contributed by atoms with Crippen LogP contribution in [0.5, 0.6) is 0 Å². The largest absolute Gasteiger partial charge is 0.480 e. The molecule has 0 bridgehead atoms. The van der Waals surface area contributed by atoms with E-state index in [-0.39, 0.29) is 22.8 Å². The third-order valence-corrected chi connectivity index (χ3v) is 7.87. The monoisotopic (exact) mass is 532 g/mol. The van der Waals surface area contributed by atoms with Crippen LogP contribution in [0.4, 0.5) is 0 Å². The number of benzene rings is 1. The average molecular weight is 533 g/mol. The highest BCUT2D eigenvalue weighted by atomic mass is 35.5. The Morgan fingerprint density at radius 1 is 1.26 bits per heavy atom. The molecule has 2 unspecified atom stereocenters. The van der Waals surface area contributed by atoms with Crippen molar-refractivity contribution in [2.24, 2.45) is 0 Å². The summed E-state index contributed by atoms with van der Waals surface area (Å²) < 4.78 is 29.3. The van der Waals surface area contributed by atoms with Gasteiger partial charge in [-0.05, 0) is 24.1 Å². The van der Waals surface area contributed by atoms with E-state index in [9.17, 15) is 37.8 Å². The number of amides is 2. The lowest BCUT2D eigenvalue weighted by molar-refractivity contribution is -0.152. The Labute approximate surface area is 204 Å². The molecule has 184 valence electrons. The van der Waals surface area contributed by atoms with Crippen molar-refractivity contribution in [2.45, 2.75) is 37.1 Å². The normalized spacial score (nSPS) is 20.8. The second kappa shape index (κ2) is 10.2. The molecular formula is C20H21ClN2O9S2. The number of halogens is 1. The van der Waals surface area contributed by atoms with E-state index in [2.05, 4.69) is 5.32 Å². The highest BCUT2D eigenvalue weighted by molar-refractivity contribution is 8.00. The molecule has 3 N–H and O–H groups in total. The van der Waals surface area contributed by atoms with Gasteiger partial charge in [0.1, 0.15) is 11.4 Å². The highest BCUT2D eigenvalue weighted by Crippen LogP contribution is 2.41. The number of carbonyl (C=O) groups excluding carboxylic acids is 2. The molecule has 1 fully saturated rings. The molecule has 2 heterocycles. The van der Waals surface area contributed by atoms with Crippen LogP contribution in [0, 0.1) is 0 Å². The molecule has 3 atom stereocenters. The van der Waals surface area contributed by atoms with Crippen molar-refractivity contribution in [3.05, 3.63) is 46.3 Å². The van der Waals surface area contributed by atoms with Gasteiger partial charge in [-0.1, -0.05) is 37.1 Å². The first-order valence-electron chi connectivity index (χ1n) is 10.1. The first kappa shape index (κ1) is 25.8. The second-order valence-corrected chi connectivity index (χ2v) is 10.7. The number of nitrogens with zero attached hydrogens (tertiary/aromatic N) is 1. The van der Waals surface area contributed by atoms with Crippen molar-refractivity contribution in [1.29, 1.82) is 0 Å². The number of nitrogens with one attached hydrogen (secondary N) is 1. The third kappa shape index (κ3) is 5.31. The minimum atomic E-state index is -4.05. The van der Waals surface area contributed by atoms with Crippen LogP contribution in [0.25, 0.3) is 0 Å². The topological polar surface area (TPSA) is 167 Å². The van der Waals surface area contributed by atoms with Gasteiger partial charge in [-0.25, -0.2) is 4.79 Å². The molecule has 0 saturated carbocycles. The average Bonchev–Trinajstić information content (AvgIpc) is 2.76. The number of rotatable bonds is 10. The van der Waals surface area contributed by atoms with Crippen LogP contribution in [0.15, 0.2) is 35.7 Å². The van der Waals surface area contributed by atoms with Crippen LogP contribution in [0.2, 0.25) is 5.02 Å². The molecule has 1 aromatic rings. The first-order chi connectivity index (χ1) is 16.0. The molecule has 2 aliphatic heterocycles. The second-order valence-electron chi connectivity index (χ2n) is 7.49. The molecule has 1 aromatic carbocycles. The van der Waals surface area contributed by atoms with Crippen LogP contribution >= 0.6 is 23.4 Å². The smallest absolute Gasteiger partial charge is 0.356 e. The molecule has 14 heteroatoms. The minimum absolute atomic E-state index is 0.147. The number of carboxylic acids is 2. The van der Waals surface area contributed by atoms with Gasteiger partial charge in [0.2, 0.25) is 5.91 Å². The lowest BCUT2D eigenvalue weighted by Gasteiger charge is -2.49. The third-order valence-electron chi connectivity index (χ3n) is 5.12. The number of fused-ring (bicyclic) bond motifs is 1. The zero-order valence-corrected chi connectivity index (χ0v) is 20.2. The molecule has 0 spiro atoms. The van der Waals surface area contributed by atoms with Crippen molar-refractivity contribution in [3.8, 4) is 0 Å². The standard InChI is InChI=1S/C20H21ClN2O9S2/c1-2-3-8-34(30,31)32-12-9-33-18-14(17(25)23(18)15(12)20(28)29)22-16(24)13(19(26)27)10-4-6-11(21)7-5-10/h4-7,13-14,18H,2-3,8-9H2,1H3,(H,22,24)(H,26,27)(H,28,29)/t13?,14?,18-/m0/s1. The van der Waals surface area contributed by atoms with Gasteiger partial charge in [0.25, 0.3) is 5.91 Å². The van der Waals surface area contributed by atoms with Gasteiger partial charge >= 0.3 is 22.1 Å². The summed E-state index contributed by atoms with van der Waals surface area (Å²) in [5.41, 5.74) is -0.472. The number of aliphatic carboxylic acids is 2. The summed E-state index contributed by atoms with van der Waals surface area (Å²) in [6, 6.07) is 4.40. The summed E-state index contributed by atoms with van der Waals surface area (Å²) in [7, 11) is -4.05. The Hall–Kier alpha value is -2.77. The molecule has 2 aliphatic rings. The predicted molar refractivity (Wildman–Crippen MR) is 121 cm³/mol. The molecule has 3 rings (SSSR count). The fourth-order valence-electron chi connectivity index (χ4n) is 3.47. The lowest BCUT2D eigenvalue weighted by atomic mass is 9.96.